The summed E-state index contributed by atoms with van der Waals surface area (Å²) in [6.45, 7) is 5.58. The van der Waals surface area contributed by atoms with E-state index in [1.807, 2.05) is 39.0 Å². The van der Waals surface area contributed by atoms with E-state index in [1.54, 1.807) is 12.4 Å². The summed E-state index contributed by atoms with van der Waals surface area (Å²) in [5.41, 5.74) is 6.16. The fourth-order valence-corrected chi connectivity index (χ4v) is 2.65. The predicted octanol–water partition coefficient (Wildman–Crippen LogP) is 3.25. The summed E-state index contributed by atoms with van der Waals surface area (Å²) in [5.74, 6) is 0.0556. The largest absolute Gasteiger partial charge is 0.459 e. The summed E-state index contributed by atoms with van der Waals surface area (Å²) in [6.07, 6.45) is 3.46. The van der Waals surface area contributed by atoms with Gasteiger partial charge < -0.3 is 10.5 Å². The van der Waals surface area contributed by atoms with Gasteiger partial charge in [-0.2, -0.15) is 0 Å². The van der Waals surface area contributed by atoms with Gasteiger partial charge in [-0.3, -0.25) is 9.78 Å². The van der Waals surface area contributed by atoms with Crippen molar-refractivity contribution in [3.63, 3.8) is 0 Å². The molecule has 1 aromatic heterocycles. The van der Waals surface area contributed by atoms with Crippen molar-refractivity contribution >= 4 is 34.2 Å². The first-order chi connectivity index (χ1) is 9.37. The van der Waals surface area contributed by atoms with Crippen molar-refractivity contribution in [3.8, 4) is 0 Å². The van der Waals surface area contributed by atoms with E-state index in [0.717, 1.165) is 15.7 Å². The van der Waals surface area contributed by atoms with E-state index in [0.29, 0.717) is 5.69 Å². The minimum atomic E-state index is -0.454. The Bertz CT molecular complexity index is 635. The lowest BCUT2D eigenvalue weighted by atomic mass is 10.1. The molecule has 0 atom stereocenters. The Morgan fingerprint density at radius 2 is 2.05 bits per heavy atom. The molecule has 0 saturated carbocycles. The number of hydrogen-bond acceptors (Lipinski definition) is 5. The van der Waals surface area contributed by atoms with E-state index in [4.69, 9.17) is 10.5 Å². The summed E-state index contributed by atoms with van der Waals surface area (Å²) in [5, 5.41) is 1.91. The Morgan fingerprint density at radius 1 is 1.30 bits per heavy atom. The smallest absolute Gasteiger partial charge is 0.316 e. The second-order valence-electron chi connectivity index (χ2n) is 5.45. The van der Waals surface area contributed by atoms with Gasteiger partial charge in [0.05, 0.1) is 5.75 Å². The minimum Gasteiger partial charge on any atom is -0.459 e. The molecular weight excluding hydrogens is 272 g/mol. The molecule has 0 aliphatic rings. The number of anilines is 1. The van der Waals surface area contributed by atoms with E-state index in [2.05, 4.69) is 4.98 Å². The third-order valence-corrected chi connectivity index (χ3v) is 3.62. The van der Waals surface area contributed by atoms with Crippen molar-refractivity contribution < 1.29 is 9.53 Å². The molecule has 0 radical (unpaired) electrons. The number of esters is 1. The molecule has 1 heterocycles. The number of hydrogen-bond donors (Lipinski definition) is 1. The number of rotatable bonds is 3. The Hall–Kier alpha value is -1.75. The number of thioether (sulfide) groups is 1. The van der Waals surface area contributed by atoms with Crippen LogP contribution in [0.2, 0.25) is 0 Å². The van der Waals surface area contributed by atoms with Crippen molar-refractivity contribution in [2.24, 2.45) is 0 Å². The molecule has 0 fully saturated rings. The van der Waals surface area contributed by atoms with Crippen molar-refractivity contribution in [2.75, 3.05) is 11.5 Å². The molecule has 20 heavy (non-hydrogen) atoms. The molecule has 1 aromatic carbocycles. The topological polar surface area (TPSA) is 65.2 Å². The van der Waals surface area contributed by atoms with E-state index in [1.165, 1.54) is 11.8 Å². The molecule has 0 spiro atoms. The van der Waals surface area contributed by atoms with Gasteiger partial charge >= 0.3 is 5.97 Å². The van der Waals surface area contributed by atoms with Crippen LogP contribution in [0, 0.1) is 0 Å². The van der Waals surface area contributed by atoms with Crippen LogP contribution in [0.15, 0.2) is 35.5 Å². The maximum absolute atomic E-state index is 11.8. The number of benzene rings is 1. The van der Waals surface area contributed by atoms with Crippen LogP contribution in [0.4, 0.5) is 5.69 Å². The highest BCUT2D eigenvalue weighted by molar-refractivity contribution is 8.00. The summed E-state index contributed by atoms with van der Waals surface area (Å²) < 4.78 is 5.30. The highest BCUT2D eigenvalue weighted by Crippen LogP contribution is 2.31. The summed E-state index contributed by atoms with van der Waals surface area (Å²) in [4.78, 5) is 16.8. The Morgan fingerprint density at radius 3 is 2.75 bits per heavy atom. The van der Waals surface area contributed by atoms with Crippen LogP contribution in [0.25, 0.3) is 10.8 Å². The Balaban J connectivity index is 2.15. The van der Waals surface area contributed by atoms with Crippen LogP contribution in [0.5, 0.6) is 0 Å². The van der Waals surface area contributed by atoms with E-state index in [-0.39, 0.29) is 11.7 Å². The fourth-order valence-electron chi connectivity index (χ4n) is 1.82. The Kier molecular flexibility index (Phi) is 4.18. The molecule has 4 nitrogen and oxygen atoms in total. The molecule has 2 N–H and O–H groups in total. The van der Waals surface area contributed by atoms with Gasteiger partial charge in [-0.15, -0.1) is 11.8 Å². The number of fused-ring (bicyclic) bond motifs is 1. The zero-order valence-electron chi connectivity index (χ0n) is 11.8. The molecule has 2 aromatic rings. The molecule has 0 aliphatic carbocycles. The van der Waals surface area contributed by atoms with Crippen LogP contribution < -0.4 is 5.73 Å². The maximum Gasteiger partial charge on any atom is 0.316 e. The molecule has 0 unspecified atom stereocenters. The average molecular weight is 290 g/mol. The SMILES string of the molecule is CC(C)(C)OC(=O)CSc1ccc(N)c2cnccc12. The lowest BCUT2D eigenvalue weighted by molar-refractivity contribution is -0.151. The van der Waals surface area contributed by atoms with Crippen molar-refractivity contribution in [1.82, 2.24) is 4.98 Å². The van der Waals surface area contributed by atoms with Gasteiger partial charge in [0.25, 0.3) is 0 Å². The van der Waals surface area contributed by atoms with E-state index in [9.17, 15) is 4.79 Å². The molecule has 106 valence electrons. The van der Waals surface area contributed by atoms with Crippen LogP contribution in [0.3, 0.4) is 0 Å². The first-order valence-corrected chi connectivity index (χ1v) is 7.32. The van der Waals surface area contributed by atoms with Gasteiger partial charge in [0, 0.05) is 33.7 Å². The monoisotopic (exact) mass is 290 g/mol. The zero-order chi connectivity index (χ0) is 14.8. The number of aromatic nitrogens is 1. The second-order valence-corrected chi connectivity index (χ2v) is 6.47. The molecular formula is C15H18N2O2S. The maximum atomic E-state index is 11.8. The third-order valence-electron chi connectivity index (χ3n) is 2.58. The zero-order valence-corrected chi connectivity index (χ0v) is 12.7. The van der Waals surface area contributed by atoms with Crippen LogP contribution >= 0.6 is 11.8 Å². The fraction of sp³-hybridized carbons (Fsp3) is 0.333. The van der Waals surface area contributed by atoms with Crippen molar-refractivity contribution in [3.05, 3.63) is 30.6 Å². The second kappa shape index (κ2) is 5.71. The predicted molar refractivity (Wildman–Crippen MR) is 82.7 cm³/mol. The number of carbonyl (C=O) groups excluding carboxylic acids is 1. The first-order valence-electron chi connectivity index (χ1n) is 6.34. The first kappa shape index (κ1) is 14.7. The molecule has 0 saturated heterocycles. The average Bonchev–Trinajstić information content (AvgIpc) is 2.36. The van der Waals surface area contributed by atoms with Crippen LogP contribution in [-0.2, 0) is 9.53 Å². The highest BCUT2D eigenvalue weighted by Gasteiger charge is 2.16. The standard InChI is InChI=1S/C15H18N2O2S/c1-15(2,3)19-14(18)9-20-13-5-4-12(16)11-8-17-7-6-10(11)13/h4-8H,9,16H2,1-3H3. The van der Waals surface area contributed by atoms with Gasteiger partial charge in [0.1, 0.15) is 5.60 Å². The van der Waals surface area contributed by atoms with Crippen molar-refractivity contribution in [2.45, 2.75) is 31.3 Å². The number of nitrogens with two attached hydrogens (primary N) is 1. The number of nitrogens with zero attached hydrogens (tertiary/aromatic N) is 1. The third kappa shape index (κ3) is 3.63. The van der Waals surface area contributed by atoms with Gasteiger partial charge in [-0.25, -0.2) is 0 Å². The van der Waals surface area contributed by atoms with Gasteiger partial charge in [-0.05, 0) is 39.0 Å². The van der Waals surface area contributed by atoms with Gasteiger partial charge in [-0.1, -0.05) is 0 Å². The number of pyridine rings is 1. The van der Waals surface area contributed by atoms with Crippen LogP contribution in [-0.4, -0.2) is 22.3 Å². The molecule has 0 amide bonds. The number of nitrogen functional groups attached to an aromatic ring is 1. The minimum absolute atomic E-state index is 0.221. The summed E-state index contributed by atoms with van der Waals surface area (Å²) in [6, 6.07) is 5.66. The summed E-state index contributed by atoms with van der Waals surface area (Å²) >= 11 is 1.45. The Labute approximate surface area is 122 Å². The molecule has 0 aliphatic heterocycles. The lowest BCUT2D eigenvalue weighted by Crippen LogP contribution is -2.24. The molecule has 2 rings (SSSR count). The van der Waals surface area contributed by atoms with Crippen LogP contribution in [0.1, 0.15) is 20.8 Å². The summed E-state index contributed by atoms with van der Waals surface area (Å²) in [7, 11) is 0. The number of carbonyl (C=O) groups is 1. The van der Waals surface area contributed by atoms with Gasteiger partial charge in [0.2, 0.25) is 0 Å². The van der Waals surface area contributed by atoms with Crippen molar-refractivity contribution in [1.29, 1.82) is 0 Å². The quantitative estimate of drug-likeness (QED) is 0.534. The number of ether oxygens (including phenoxy) is 1. The normalized spacial score (nSPS) is 11.6. The lowest BCUT2D eigenvalue weighted by Gasteiger charge is -2.19. The molecule has 0 bridgehead atoms. The van der Waals surface area contributed by atoms with E-state index < -0.39 is 5.60 Å². The van der Waals surface area contributed by atoms with E-state index >= 15 is 0 Å². The molecule has 5 heteroatoms. The van der Waals surface area contributed by atoms with Gasteiger partial charge in [0.15, 0.2) is 0 Å². The highest BCUT2D eigenvalue weighted by atomic mass is 32.2.